The molecule has 0 heterocycles. The number of ether oxygens (including phenoxy) is 1. The third-order valence-corrected chi connectivity index (χ3v) is 5.79. The summed E-state index contributed by atoms with van der Waals surface area (Å²) in [4.78, 5) is 4.93. The maximum absolute atomic E-state index is 11.5. The van der Waals surface area contributed by atoms with Crippen LogP contribution in [-0.2, 0) is 22.7 Å². The van der Waals surface area contributed by atoms with Crippen molar-refractivity contribution in [3.05, 3.63) is 58.6 Å². The van der Waals surface area contributed by atoms with Crippen molar-refractivity contribution in [3.8, 4) is 5.75 Å². The summed E-state index contributed by atoms with van der Waals surface area (Å²) in [5.74, 6) is 1.48. The Bertz CT molecular complexity index is 929. The lowest BCUT2D eigenvalue weighted by molar-refractivity contribution is 0.414. The van der Waals surface area contributed by atoms with Crippen molar-refractivity contribution in [2.24, 2.45) is 4.99 Å². The van der Waals surface area contributed by atoms with Gasteiger partial charge in [-0.3, -0.25) is 4.99 Å². The number of hydrogen-bond acceptors (Lipinski definition) is 4. The molecule has 0 aliphatic carbocycles. The van der Waals surface area contributed by atoms with E-state index in [9.17, 15) is 8.42 Å². The fraction of sp³-hybridized carbons (Fsp3) is 0.381. The zero-order chi connectivity index (χ0) is 21.3. The van der Waals surface area contributed by atoms with E-state index in [1.807, 2.05) is 31.2 Å². The number of hydrogen-bond donors (Lipinski definition) is 2. The average Bonchev–Trinajstić information content (AvgIpc) is 2.69. The van der Waals surface area contributed by atoms with E-state index < -0.39 is 9.84 Å². The molecule has 0 fully saturated rings. The molecule has 0 unspecified atom stereocenters. The fourth-order valence-corrected chi connectivity index (χ4v) is 3.61. The van der Waals surface area contributed by atoms with Crippen LogP contribution in [0.3, 0.4) is 0 Å². The normalized spacial score (nSPS) is 11.9. The zero-order valence-corrected chi connectivity index (χ0v) is 18.6. The Labute approximate surface area is 178 Å². The quantitative estimate of drug-likeness (QED) is 0.465. The highest BCUT2D eigenvalue weighted by molar-refractivity contribution is 7.90. The Morgan fingerprint density at radius 3 is 2.41 bits per heavy atom. The van der Waals surface area contributed by atoms with Crippen molar-refractivity contribution in [2.75, 3.05) is 33.0 Å². The number of nitrogens with zero attached hydrogens (tertiary/aromatic N) is 1. The second-order valence-corrected chi connectivity index (χ2v) is 8.98. The first-order chi connectivity index (χ1) is 13.8. The van der Waals surface area contributed by atoms with Gasteiger partial charge < -0.3 is 15.4 Å². The molecule has 2 N–H and O–H groups in total. The molecule has 0 spiro atoms. The van der Waals surface area contributed by atoms with Gasteiger partial charge in [0.1, 0.15) is 5.75 Å². The molecule has 158 valence electrons. The van der Waals surface area contributed by atoms with Crippen LogP contribution in [0.2, 0.25) is 5.02 Å². The van der Waals surface area contributed by atoms with Gasteiger partial charge in [0.2, 0.25) is 0 Å². The first-order valence-corrected chi connectivity index (χ1v) is 11.7. The number of nitrogens with one attached hydrogen (secondary N) is 2. The molecule has 0 radical (unpaired) electrons. The van der Waals surface area contributed by atoms with E-state index in [1.165, 1.54) is 6.26 Å². The minimum Gasteiger partial charge on any atom is -0.497 e. The molecule has 0 atom stereocenters. The molecular formula is C21H28ClN3O3S. The van der Waals surface area contributed by atoms with Gasteiger partial charge >= 0.3 is 0 Å². The Hall–Kier alpha value is -2.25. The summed E-state index contributed by atoms with van der Waals surface area (Å²) in [7, 11) is -1.55. The second-order valence-electron chi connectivity index (χ2n) is 6.56. The van der Waals surface area contributed by atoms with Crippen LogP contribution in [0.15, 0.2) is 52.4 Å². The Kier molecular flexibility index (Phi) is 8.79. The van der Waals surface area contributed by atoms with Crippen LogP contribution in [0.4, 0.5) is 0 Å². The summed E-state index contributed by atoms with van der Waals surface area (Å²) in [5.41, 5.74) is 2.09. The van der Waals surface area contributed by atoms with E-state index in [1.54, 1.807) is 25.3 Å². The second kappa shape index (κ2) is 11.1. The molecule has 0 bridgehead atoms. The predicted octanol–water partition coefficient (Wildman–Crippen LogP) is 3.09. The number of benzene rings is 2. The molecule has 8 heteroatoms. The molecule has 0 amide bonds. The summed E-state index contributed by atoms with van der Waals surface area (Å²) in [6.45, 7) is 4.07. The van der Waals surface area contributed by atoms with Crippen LogP contribution in [0.1, 0.15) is 18.1 Å². The largest absolute Gasteiger partial charge is 0.497 e. The lowest BCUT2D eigenvalue weighted by Crippen LogP contribution is -2.38. The molecule has 2 rings (SSSR count). The molecule has 6 nitrogen and oxygen atoms in total. The average molecular weight is 438 g/mol. The van der Waals surface area contributed by atoms with E-state index in [-0.39, 0.29) is 0 Å². The summed E-state index contributed by atoms with van der Waals surface area (Å²) >= 11 is 6.28. The SMILES string of the molecule is CCNC(=NCCc1ccc(OC)cc1Cl)NCCc1ccc(S(C)(=O)=O)cc1. The van der Waals surface area contributed by atoms with Gasteiger partial charge in [0.05, 0.1) is 12.0 Å². The Balaban J connectivity index is 1.87. The highest BCUT2D eigenvalue weighted by Gasteiger charge is 2.06. The predicted molar refractivity (Wildman–Crippen MR) is 119 cm³/mol. The van der Waals surface area contributed by atoms with E-state index in [4.69, 9.17) is 16.3 Å². The van der Waals surface area contributed by atoms with E-state index >= 15 is 0 Å². The number of methoxy groups -OCH3 is 1. The number of aliphatic imine (C=N–C) groups is 1. The molecule has 0 saturated carbocycles. The third kappa shape index (κ3) is 7.59. The maximum atomic E-state index is 11.5. The Morgan fingerprint density at radius 2 is 1.83 bits per heavy atom. The number of guanidine groups is 1. The summed E-state index contributed by atoms with van der Waals surface area (Å²) in [6, 6.07) is 12.6. The topological polar surface area (TPSA) is 79.8 Å². The highest BCUT2D eigenvalue weighted by atomic mass is 35.5. The first kappa shape index (κ1) is 23.0. The first-order valence-electron chi connectivity index (χ1n) is 9.47. The van der Waals surface area contributed by atoms with Crippen molar-refractivity contribution in [3.63, 3.8) is 0 Å². The fourth-order valence-electron chi connectivity index (χ4n) is 2.72. The van der Waals surface area contributed by atoms with E-state index in [2.05, 4.69) is 15.6 Å². The number of halogens is 1. The van der Waals surface area contributed by atoms with E-state index in [0.717, 1.165) is 42.2 Å². The van der Waals surface area contributed by atoms with E-state index in [0.29, 0.717) is 23.0 Å². The van der Waals surface area contributed by atoms with Gasteiger partial charge in [-0.25, -0.2) is 8.42 Å². The van der Waals surface area contributed by atoms with Crippen molar-refractivity contribution < 1.29 is 13.2 Å². The zero-order valence-electron chi connectivity index (χ0n) is 17.0. The van der Waals surface area contributed by atoms with Crippen molar-refractivity contribution in [1.29, 1.82) is 0 Å². The molecule has 29 heavy (non-hydrogen) atoms. The minimum absolute atomic E-state index is 0.335. The lowest BCUT2D eigenvalue weighted by atomic mass is 10.1. The monoisotopic (exact) mass is 437 g/mol. The van der Waals surface area contributed by atoms with Gasteiger partial charge in [-0.2, -0.15) is 0 Å². The smallest absolute Gasteiger partial charge is 0.191 e. The van der Waals surface area contributed by atoms with Crippen LogP contribution >= 0.6 is 11.6 Å². The molecular weight excluding hydrogens is 410 g/mol. The molecule has 0 saturated heterocycles. The van der Waals surface area contributed by atoms with Gasteiger partial charge in [0, 0.05) is 30.9 Å². The van der Waals surface area contributed by atoms with Gasteiger partial charge in [-0.05, 0) is 55.2 Å². The van der Waals surface area contributed by atoms with Crippen LogP contribution in [-0.4, -0.2) is 47.4 Å². The number of sulfone groups is 1. The van der Waals surface area contributed by atoms with Crippen LogP contribution in [0.5, 0.6) is 5.75 Å². The highest BCUT2D eigenvalue weighted by Crippen LogP contribution is 2.22. The number of rotatable bonds is 9. The van der Waals surface area contributed by atoms with Crippen LogP contribution in [0, 0.1) is 0 Å². The Morgan fingerprint density at radius 1 is 1.10 bits per heavy atom. The van der Waals surface area contributed by atoms with Gasteiger partial charge in [0.15, 0.2) is 15.8 Å². The third-order valence-electron chi connectivity index (χ3n) is 4.31. The van der Waals surface area contributed by atoms with Gasteiger partial charge in [-0.1, -0.05) is 29.8 Å². The summed E-state index contributed by atoms with van der Waals surface area (Å²) in [5, 5.41) is 7.20. The molecule has 2 aromatic rings. The van der Waals surface area contributed by atoms with Crippen LogP contribution < -0.4 is 15.4 Å². The summed E-state index contributed by atoms with van der Waals surface area (Å²) < 4.78 is 28.2. The minimum atomic E-state index is -3.16. The van der Waals surface area contributed by atoms with Crippen molar-refractivity contribution in [1.82, 2.24) is 10.6 Å². The molecule has 0 aromatic heterocycles. The van der Waals surface area contributed by atoms with Crippen molar-refractivity contribution >= 4 is 27.4 Å². The molecule has 0 aliphatic rings. The molecule has 0 aliphatic heterocycles. The van der Waals surface area contributed by atoms with Crippen LogP contribution in [0.25, 0.3) is 0 Å². The lowest BCUT2D eigenvalue weighted by Gasteiger charge is -2.12. The van der Waals surface area contributed by atoms with Gasteiger partial charge in [-0.15, -0.1) is 0 Å². The summed E-state index contributed by atoms with van der Waals surface area (Å²) in [6.07, 6.45) is 2.70. The van der Waals surface area contributed by atoms with Crippen molar-refractivity contribution in [2.45, 2.75) is 24.7 Å². The maximum Gasteiger partial charge on any atom is 0.191 e. The standard InChI is InChI=1S/C21H28ClN3O3S/c1-4-23-21(25-14-12-17-7-8-18(28-2)15-20(17)22)24-13-11-16-5-9-19(10-6-16)29(3,26)27/h5-10,15H,4,11-14H2,1-3H3,(H2,23,24,25). The molecule has 2 aromatic carbocycles. The van der Waals surface area contributed by atoms with Gasteiger partial charge in [0.25, 0.3) is 0 Å².